The lowest BCUT2D eigenvalue weighted by atomic mass is 10.1. The fourth-order valence-electron chi connectivity index (χ4n) is 2.58. The monoisotopic (exact) mass is 342 g/mol. The van der Waals surface area contributed by atoms with E-state index in [0.29, 0.717) is 19.5 Å². The minimum Gasteiger partial charge on any atom is -0.507 e. The zero-order valence-electron chi connectivity index (χ0n) is 11.6. The van der Waals surface area contributed by atoms with Crippen LogP contribution in [0.4, 0.5) is 0 Å². The van der Waals surface area contributed by atoms with Crippen molar-refractivity contribution in [1.29, 1.82) is 0 Å². The standard InChI is InChI=1S/C14H19BrN2O3/c1-16(2)7-10-6-11(18)8-17(10)14(20)12-4-3-9(15)5-13(12)19/h3-5,10-11,18-19H,6-8H2,1-2H3. The Morgan fingerprint density at radius 1 is 1.50 bits per heavy atom. The van der Waals surface area contributed by atoms with Gasteiger partial charge in [0.2, 0.25) is 0 Å². The predicted molar refractivity (Wildman–Crippen MR) is 79.8 cm³/mol. The second-order valence-corrected chi connectivity index (χ2v) is 6.34. The molecule has 2 unspecified atom stereocenters. The van der Waals surface area contributed by atoms with Crippen molar-refractivity contribution >= 4 is 21.8 Å². The fraction of sp³-hybridized carbons (Fsp3) is 0.500. The fourth-order valence-corrected chi connectivity index (χ4v) is 2.92. The molecule has 0 bridgehead atoms. The number of amides is 1. The van der Waals surface area contributed by atoms with Crippen molar-refractivity contribution in [3.8, 4) is 5.75 Å². The van der Waals surface area contributed by atoms with Crippen LogP contribution in [-0.4, -0.2) is 65.3 Å². The Hall–Kier alpha value is -1.11. The molecule has 1 amide bonds. The summed E-state index contributed by atoms with van der Waals surface area (Å²) in [5.74, 6) is -0.284. The Morgan fingerprint density at radius 2 is 2.20 bits per heavy atom. The van der Waals surface area contributed by atoms with E-state index in [1.165, 1.54) is 6.07 Å². The molecule has 1 fully saturated rings. The molecule has 1 aliphatic heterocycles. The summed E-state index contributed by atoms with van der Waals surface area (Å²) in [5.41, 5.74) is 0.269. The number of aliphatic hydroxyl groups excluding tert-OH is 1. The highest BCUT2D eigenvalue weighted by molar-refractivity contribution is 9.10. The maximum Gasteiger partial charge on any atom is 0.257 e. The number of likely N-dealkylation sites (N-methyl/N-ethyl adjacent to an activating group) is 1. The molecule has 0 radical (unpaired) electrons. The maximum atomic E-state index is 12.5. The van der Waals surface area contributed by atoms with Crippen molar-refractivity contribution < 1.29 is 15.0 Å². The lowest BCUT2D eigenvalue weighted by Gasteiger charge is -2.27. The number of phenols is 1. The number of rotatable bonds is 3. The highest BCUT2D eigenvalue weighted by Gasteiger charge is 2.35. The van der Waals surface area contributed by atoms with Crippen LogP contribution >= 0.6 is 15.9 Å². The lowest BCUT2D eigenvalue weighted by Crippen LogP contribution is -2.41. The summed E-state index contributed by atoms with van der Waals surface area (Å²) in [4.78, 5) is 16.2. The molecule has 0 saturated carbocycles. The van der Waals surface area contributed by atoms with Crippen LogP contribution in [0.3, 0.4) is 0 Å². The van der Waals surface area contributed by atoms with Crippen LogP contribution in [0.1, 0.15) is 16.8 Å². The number of carbonyl (C=O) groups excluding carboxylic acids is 1. The van der Waals surface area contributed by atoms with Gasteiger partial charge in [-0.2, -0.15) is 0 Å². The van der Waals surface area contributed by atoms with Gasteiger partial charge in [0.15, 0.2) is 0 Å². The molecular weight excluding hydrogens is 324 g/mol. The third kappa shape index (κ3) is 3.31. The molecule has 1 heterocycles. The summed E-state index contributed by atoms with van der Waals surface area (Å²) in [7, 11) is 3.87. The SMILES string of the molecule is CN(C)CC1CC(O)CN1C(=O)c1ccc(Br)cc1O. The molecule has 5 nitrogen and oxygen atoms in total. The van der Waals surface area contributed by atoms with Crippen LogP contribution in [0.25, 0.3) is 0 Å². The number of carbonyl (C=O) groups is 1. The number of aromatic hydroxyl groups is 1. The Kier molecular flexibility index (Phi) is 4.67. The van der Waals surface area contributed by atoms with Gasteiger partial charge in [0.1, 0.15) is 5.75 Å². The molecule has 2 N–H and O–H groups in total. The van der Waals surface area contributed by atoms with Gasteiger partial charge in [-0.25, -0.2) is 0 Å². The van der Waals surface area contributed by atoms with Gasteiger partial charge in [-0.05, 0) is 38.7 Å². The summed E-state index contributed by atoms with van der Waals surface area (Å²) in [6, 6.07) is 4.79. The molecule has 2 rings (SSSR count). The van der Waals surface area contributed by atoms with E-state index in [-0.39, 0.29) is 23.3 Å². The normalized spacial score (nSPS) is 22.6. The first-order valence-electron chi connectivity index (χ1n) is 6.50. The van der Waals surface area contributed by atoms with Crippen LogP contribution in [0.2, 0.25) is 0 Å². The lowest BCUT2D eigenvalue weighted by molar-refractivity contribution is 0.0696. The van der Waals surface area contributed by atoms with Gasteiger partial charge < -0.3 is 20.0 Å². The quantitative estimate of drug-likeness (QED) is 0.868. The first kappa shape index (κ1) is 15.3. The minimum atomic E-state index is -0.499. The number of hydrogen-bond acceptors (Lipinski definition) is 4. The first-order valence-corrected chi connectivity index (χ1v) is 7.30. The number of likely N-dealkylation sites (tertiary alicyclic amines) is 1. The van der Waals surface area contributed by atoms with Gasteiger partial charge in [-0.15, -0.1) is 0 Å². The van der Waals surface area contributed by atoms with Crippen molar-refractivity contribution in [2.45, 2.75) is 18.6 Å². The van der Waals surface area contributed by atoms with Crippen LogP contribution in [-0.2, 0) is 0 Å². The van der Waals surface area contributed by atoms with E-state index in [9.17, 15) is 15.0 Å². The Labute approximate surface area is 126 Å². The first-order chi connectivity index (χ1) is 9.38. The summed E-state index contributed by atoms with van der Waals surface area (Å²) in [5, 5.41) is 19.7. The molecule has 1 saturated heterocycles. The molecule has 110 valence electrons. The smallest absolute Gasteiger partial charge is 0.257 e. The molecule has 0 spiro atoms. The summed E-state index contributed by atoms with van der Waals surface area (Å²) >= 11 is 3.25. The number of hydrogen-bond donors (Lipinski definition) is 2. The molecule has 2 atom stereocenters. The van der Waals surface area contributed by atoms with E-state index in [2.05, 4.69) is 15.9 Å². The highest BCUT2D eigenvalue weighted by atomic mass is 79.9. The Bertz CT molecular complexity index is 507. The predicted octanol–water partition coefficient (Wildman–Crippen LogP) is 1.29. The number of aliphatic hydroxyl groups is 1. The average Bonchev–Trinajstić information content (AvgIpc) is 2.68. The van der Waals surface area contributed by atoms with E-state index in [1.54, 1.807) is 17.0 Å². The number of phenolic OH excluding ortho intramolecular Hbond substituents is 1. The van der Waals surface area contributed by atoms with Crippen LogP contribution in [0.5, 0.6) is 5.75 Å². The summed E-state index contributed by atoms with van der Waals surface area (Å²) < 4.78 is 0.720. The van der Waals surface area contributed by atoms with Gasteiger partial charge in [0, 0.05) is 23.6 Å². The summed E-state index contributed by atoms with van der Waals surface area (Å²) in [6.45, 7) is 1.01. The summed E-state index contributed by atoms with van der Waals surface area (Å²) in [6.07, 6.45) is 0.0720. The third-order valence-electron chi connectivity index (χ3n) is 3.42. The topological polar surface area (TPSA) is 64.0 Å². The molecule has 1 aromatic carbocycles. The minimum absolute atomic E-state index is 0.0319. The van der Waals surface area contributed by atoms with Crippen molar-refractivity contribution in [1.82, 2.24) is 9.80 Å². The zero-order valence-corrected chi connectivity index (χ0v) is 13.2. The molecule has 6 heteroatoms. The second kappa shape index (κ2) is 6.11. The van der Waals surface area contributed by atoms with Crippen molar-refractivity contribution in [2.75, 3.05) is 27.2 Å². The van der Waals surface area contributed by atoms with Gasteiger partial charge in [-0.1, -0.05) is 15.9 Å². The molecule has 0 aromatic heterocycles. The number of benzene rings is 1. The van der Waals surface area contributed by atoms with E-state index in [0.717, 1.165) is 4.47 Å². The highest BCUT2D eigenvalue weighted by Crippen LogP contribution is 2.27. The molecule has 20 heavy (non-hydrogen) atoms. The largest absolute Gasteiger partial charge is 0.507 e. The number of β-amino-alcohol motifs (C(OH)–C–C–N with tert-alkyl or cyclic N) is 1. The van der Waals surface area contributed by atoms with Crippen LogP contribution in [0, 0.1) is 0 Å². The second-order valence-electron chi connectivity index (χ2n) is 5.42. The van der Waals surface area contributed by atoms with Crippen molar-refractivity contribution in [3.05, 3.63) is 28.2 Å². The zero-order chi connectivity index (χ0) is 14.9. The van der Waals surface area contributed by atoms with E-state index < -0.39 is 6.10 Å². The van der Waals surface area contributed by atoms with Gasteiger partial charge in [0.25, 0.3) is 5.91 Å². The van der Waals surface area contributed by atoms with Gasteiger partial charge >= 0.3 is 0 Å². The molecule has 0 aliphatic carbocycles. The molecule has 1 aliphatic rings. The van der Waals surface area contributed by atoms with Crippen molar-refractivity contribution in [2.24, 2.45) is 0 Å². The number of halogens is 1. The average molecular weight is 343 g/mol. The Balaban J connectivity index is 2.22. The number of nitrogens with zero attached hydrogens (tertiary/aromatic N) is 2. The van der Waals surface area contributed by atoms with Gasteiger partial charge in [-0.3, -0.25) is 4.79 Å². The third-order valence-corrected chi connectivity index (χ3v) is 3.91. The molecule has 1 aromatic rings. The Morgan fingerprint density at radius 3 is 2.80 bits per heavy atom. The van der Waals surface area contributed by atoms with E-state index in [4.69, 9.17) is 0 Å². The van der Waals surface area contributed by atoms with E-state index in [1.807, 2.05) is 19.0 Å². The van der Waals surface area contributed by atoms with E-state index >= 15 is 0 Å². The van der Waals surface area contributed by atoms with Crippen LogP contribution in [0.15, 0.2) is 22.7 Å². The van der Waals surface area contributed by atoms with Crippen molar-refractivity contribution in [3.63, 3.8) is 0 Å². The molecular formula is C14H19BrN2O3. The van der Waals surface area contributed by atoms with Gasteiger partial charge in [0.05, 0.1) is 11.7 Å². The maximum absolute atomic E-state index is 12.5. The van der Waals surface area contributed by atoms with Crippen LogP contribution < -0.4 is 0 Å².